The molecule has 6 heteroatoms. The summed E-state index contributed by atoms with van der Waals surface area (Å²) in [5.74, 6) is 2.84. The Bertz CT molecular complexity index is 386. The molecule has 100 valence electrons. The minimum absolute atomic E-state index is 0.718. The maximum Gasteiger partial charge on any atom is 0.191 e. The lowest BCUT2D eigenvalue weighted by molar-refractivity contribution is 0.686. The Balaban J connectivity index is 2.22. The van der Waals surface area contributed by atoms with E-state index < -0.39 is 0 Å². The van der Waals surface area contributed by atoms with Crippen LogP contribution in [0.3, 0.4) is 0 Å². The van der Waals surface area contributed by atoms with Gasteiger partial charge in [-0.25, -0.2) is 0 Å². The number of hydrogen-bond acceptors (Lipinski definition) is 3. The van der Waals surface area contributed by atoms with Gasteiger partial charge >= 0.3 is 0 Å². The molecule has 0 spiro atoms. The minimum Gasteiger partial charge on any atom is -0.356 e. The molecular weight excluding hydrogens is 246 g/mol. The number of aryl methyl sites for hydroxylation is 1. The third-order valence-corrected chi connectivity index (χ3v) is 3.32. The molecule has 18 heavy (non-hydrogen) atoms. The van der Waals surface area contributed by atoms with Gasteiger partial charge in [-0.15, -0.1) is 6.58 Å². The third kappa shape index (κ3) is 5.27. The third-order valence-electron chi connectivity index (χ3n) is 2.36. The zero-order valence-corrected chi connectivity index (χ0v) is 11.8. The highest BCUT2D eigenvalue weighted by atomic mass is 32.2. The van der Waals surface area contributed by atoms with Gasteiger partial charge < -0.3 is 10.6 Å². The van der Waals surface area contributed by atoms with E-state index in [1.165, 1.54) is 0 Å². The van der Waals surface area contributed by atoms with Crippen LogP contribution in [0.1, 0.15) is 5.69 Å². The van der Waals surface area contributed by atoms with E-state index in [1.807, 2.05) is 35.6 Å². The molecule has 0 aromatic carbocycles. The van der Waals surface area contributed by atoms with E-state index in [4.69, 9.17) is 0 Å². The monoisotopic (exact) mass is 267 g/mol. The van der Waals surface area contributed by atoms with E-state index in [0.717, 1.165) is 36.2 Å². The Kier molecular flexibility index (Phi) is 7.01. The van der Waals surface area contributed by atoms with Gasteiger partial charge in [-0.2, -0.15) is 16.9 Å². The van der Waals surface area contributed by atoms with Crippen LogP contribution < -0.4 is 10.6 Å². The fraction of sp³-hybridized carbons (Fsp3) is 0.500. The molecular formula is C12H21N5S. The molecule has 0 aliphatic heterocycles. The van der Waals surface area contributed by atoms with Gasteiger partial charge in [-0.1, -0.05) is 6.08 Å². The summed E-state index contributed by atoms with van der Waals surface area (Å²) in [6, 6.07) is 1.99. The number of aliphatic imine (C=N–C) groups is 1. The van der Waals surface area contributed by atoms with Crippen LogP contribution in [0.4, 0.5) is 0 Å². The second-order valence-corrected chi connectivity index (χ2v) is 4.81. The minimum atomic E-state index is 0.718. The second kappa shape index (κ2) is 8.63. The van der Waals surface area contributed by atoms with Crippen molar-refractivity contribution in [1.29, 1.82) is 0 Å². The lowest BCUT2D eigenvalue weighted by atomic mass is 10.4. The number of hydrogen-bond donors (Lipinski definition) is 2. The van der Waals surface area contributed by atoms with Crippen LogP contribution in [-0.4, -0.2) is 40.8 Å². The maximum atomic E-state index is 4.17. The van der Waals surface area contributed by atoms with Gasteiger partial charge in [-0.3, -0.25) is 9.67 Å². The van der Waals surface area contributed by atoms with Crippen molar-refractivity contribution >= 4 is 17.7 Å². The Hall–Kier alpha value is -1.43. The molecule has 0 unspecified atom stereocenters. The molecule has 1 rings (SSSR count). The quantitative estimate of drug-likeness (QED) is 0.335. The lowest BCUT2D eigenvalue weighted by Gasteiger charge is -2.11. The van der Waals surface area contributed by atoms with Crippen LogP contribution in [0.15, 0.2) is 29.9 Å². The van der Waals surface area contributed by atoms with Crippen molar-refractivity contribution < 1.29 is 0 Å². The summed E-state index contributed by atoms with van der Waals surface area (Å²) in [6.45, 7) is 5.30. The van der Waals surface area contributed by atoms with Gasteiger partial charge in [0.2, 0.25) is 0 Å². The summed E-state index contributed by atoms with van der Waals surface area (Å²) in [6.07, 6.45) is 3.71. The summed E-state index contributed by atoms with van der Waals surface area (Å²) in [5.41, 5.74) is 1.12. The summed E-state index contributed by atoms with van der Waals surface area (Å²) in [7, 11) is 3.70. The fourth-order valence-corrected chi connectivity index (χ4v) is 1.96. The molecule has 0 fully saturated rings. The van der Waals surface area contributed by atoms with E-state index in [9.17, 15) is 0 Å². The SMILES string of the molecule is C=CCSCCNC(=NC)NCc1ccnn1C. The fourth-order valence-electron chi connectivity index (χ4n) is 1.38. The first-order valence-electron chi connectivity index (χ1n) is 5.88. The van der Waals surface area contributed by atoms with E-state index >= 15 is 0 Å². The van der Waals surface area contributed by atoms with E-state index in [1.54, 1.807) is 13.2 Å². The molecule has 0 saturated heterocycles. The van der Waals surface area contributed by atoms with Crippen molar-refractivity contribution in [1.82, 2.24) is 20.4 Å². The Morgan fingerprint density at radius 1 is 1.61 bits per heavy atom. The maximum absolute atomic E-state index is 4.17. The average Bonchev–Trinajstić information content (AvgIpc) is 2.78. The predicted octanol–water partition coefficient (Wildman–Crippen LogP) is 1.00. The van der Waals surface area contributed by atoms with Crippen LogP contribution in [0.2, 0.25) is 0 Å². The lowest BCUT2D eigenvalue weighted by Crippen LogP contribution is -2.38. The number of rotatable bonds is 7. The highest BCUT2D eigenvalue weighted by Crippen LogP contribution is 1.97. The number of guanidine groups is 1. The first-order chi connectivity index (χ1) is 8.77. The Morgan fingerprint density at radius 3 is 3.06 bits per heavy atom. The summed E-state index contributed by atoms with van der Waals surface area (Å²) in [5, 5.41) is 10.6. The molecule has 2 N–H and O–H groups in total. The molecule has 1 aromatic rings. The van der Waals surface area contributed by atoms with Crippen LogP contribution in [0.25, 0.3) is 0 Å². The number of nitrogens with zero attached hydrogens (tertiary/aromatic N) is 3. The van der Waals surface area contributed by atoms with Crippen LogP contribution in [0.5, 0.6) is 0 Å². The van der Waals surface area contributed by atoms with E-state index in [-0.39, 0.29) is 0 Å². The van der Waals surface area contributed by atoms with Crippen molar-refractivity contribution in [2.24, 2.45) is 12.0 Å². The standard InChI is InChI=1S/C12H21N5S/c1-4-8-18-9-7-14-12(13-2)15-10-11-5-6-16-17(11)3/h4-6H,1,7-10H2,2-3H3,(H2,13,14,15). The highest BCUT2D eigenvalue weighted by Gasteiger charge is 2.00. The van der Waals surface area contributed by atoms with Gasteiger partial charge in [-0.05, 0) is 6.07 Å². The molecule has 0 amide bonds. The van der Waals surface area contributed by atoms with Gasteiger partial charge in [0, 0.05) is 38.3 Å². The van der Waals surface area contributed by atoms with Crippen molar-refractivity contribution in [2.75, 3.05) is 25.1 Å². The molecule has 1 heterocycles. The second-order valence-electron chi connectivity index (χ2n) is 3.66. The number of nitrogens with one attached hydrogen (secondary N) is 2. The Labute approximate surface area is 113 Å². The van der Waals surface area contributed by atoms with Crippen molar-refractivity contribution in [3.05, 3.63) is 30.6 Å². The van der Waals surface area contributed by atoms with Crippen molar-refractivity contribution in [3.8, 4) is 0 Å². The van der Waals surface area contributed by atoms with Crippen molar-refractivity contribution in [2.45, 2.75) is 6.54 Å². The van der Waals surface area contributed by atoms with E-state index in [0.29, 0.717) is 0 Å². The van der Waals surface area contributed by atoms with Gasteiger partial charge in [0.15, 0.2) is 5.96 Å². The van der Waals surface area contributed by atoms with E-state index in [2.05, 4.69) is 27.3 Å². The largest absolute Gasteiger partial charge is 0.356 e. The Morgan fingerprint density at radius 2 is 2.44 bits per heavy atom. The average molecular weight is 267 g/mol. The summed E-state index contributed by atoms with van der Waals surface area (Å²) in [4.78, 5) is 4.17. The van der Waals surface area contributed by atoms with Crippen LogP contribution in [-0.2, 0) is 13.6 Å². The molecule has 0 radical (unpaired) electrons. The molecule has 0 aliphatic carbocycles. The van der Waals surface area contributed by atoms with Gasteiger partial charge in [0.05, 0.1) is 12.2 Å². The molecule has 0 bridgehead atoms. The zero-order valence-electron chi connectivity index (χ0n) is 11.0. The first-order valence-corrected chi connectivity index (χ1v) is 7.03. The number of thioether (sulfide) groups is 1. The molecule has 0 aliphatic rings. The molecule has 0 saturated carbocycles. The van der Waals surface area contributed by atoms with Gasteiger partial charge in [0.1, 0.15) is 0 Å². The predicted molar refractivity (Wildman–Crippen MR) is 78.9 cm³/mol. The first kappa shape index (κ1) is 14.6. The molecule has 1 aromatic heterocycles. The topological polar surface area (TPSA) is 54.2 Å². The summed E-state index contributed by atoms with van der Waals surface area (Å²) < 4.78 is 1.85. The molecule has 5 nitrogen and oxygen atoms in total. The highest BCUT2D eigenvalue weighted by molar-refractivity contribution is 7.99. The summed E-state index contributed by atoms with van der Waals surface area (Å²) >= 11 is 1.85. The zero-order chi connectivity index (χ0) is 13.2. The van der Waals surface area contributed by atoms with Crippen LogP contribution in [0, 0.1) is 0 Å². The number of aromatic nitrogens is 2. The van der Waals surface area contributed by atoms with Crippen LogP contribution >= 0.6 is 11.8 Å². The molecule has 0 atom stereocenters. The van der Waals surface area contributed by atoms with Gasteiger partial charge in [0.25, 0.3) is 0 Å². The normalized spacial score (nSPS) is 11.3. The smallest absolute Gasteiger partial charge is 0.191 e. The van der Waals surface area contributed by atoms with Crippen molar-refractivity contribution in [3.63, 3.8) is 0 Å².